The van der Waals surface area contributed by atoms with E-state index in [0.29, 0.717) is 24.5 Å². The summed E-state index contributed by atoms with van der Waals surface area (Å²) in [5.74, 6) is 0.0590. The molecular weight excluding hydrogens is 396 g/mol. The number of sulfonamides is 1. The minimum Gasteiger partial charge on any atom is -0.495 e. The van der Waals surface area contributed by atoms with E-state index < -0.39 is 10.0 Å². The Morgan fingerprint density at radius 3 is 2.57 bits per heavy atom. The highest BCUT2D eigenvalue weighted by Crippen LogP contribution is 2.30. The Morgan fingerprint density at radius 2 is 1.93 bits per heavy atom. The second kappa shape index (κ2) is 9.36. The highest BCUT2D eigenvalue weighted by atomic mass is 32.2. The molecule has 0 aliphatic carbocycles. The van der Waals surface area contributed by atoms with Crippen LogP contribution < -0.4 is 10.1 Å². The number of methoxy groups -OCH3 is 1. The predicted molar refractivity (Wildman–Crippen MR) is 112 cm³/mol. The number of carbonyl (C=O) groups is 1. The minimum absolute atomic E-state index is 0.160. The van der Waals surface area contributed by atoms with Gasteiger partial charge in [0, 0.05) is 24.0 Å². The monoisotopic (exact) mass is 420 g/mol. The van der Waals surface area contributed by atoms with E-state index in [1.54, 1.807) is 12.1 Å². The van der Waals surface area contributed by atoms with Gasteiger partial charge < -0.3 is 10.1 Å². The van der Waals surface area contributed by atoms with E-state index in [1.165, 1.54) is 41.0 Å². The molecule has 1 N–H and O–H groups in total. The van der Waals surface area contributed by atoms with Crippen LogP contribution >= 0.6 is 11.3 Å². The predicted octanol–water partition coefficient (Wildman–Crippen LogP) is 3.97. The maximum absolute atomic E-state index is 13.0. The number of ether oxygens (including phenoxy) is 1. The lowest BCUT2D eigenvalue weighted by atomic mass is 10.2. The van der Waals surface area contributed by atoms with E-state index in [9.17, 15) is 13.2 Å². The third-order valence-electron chi connectivity index (χ3n) is 4.57. The van der Waals surface area contributed by atoms with Crippen LogP contribution in [0.25, 0.3) is 6.08 Å². The quantitative estimate of drug-likeness (QED) is 0.718. The zero-order valence-corrected chi connectivity index (χ0v) is 17.4. The number of nitrogens with one attached hydrogen (secondary N) is 1. The number of hydrogen-bond donors (Lipinski definition) is 1. The molecule has 6 nitrogen and oxygen atoms in total. The summed E-state index contributed by atoms with van der Waals surface area (Å²) in [7, 11) is -2.12. The van der Waals surface area contributed by atoms with E-state index in [1.807, 2.05) is 17.5 Å². The Bertz CT molecular complexity index is 929. The summed E-state index contributed by atoms with van der Waals surface area (Å²) in [6, 6.07) is 8.38. The fraction of sp³-hybridized carbons (Fsp3) is 0.350. The first-order valence-corrected chi connectivity index (χ1v) is 11.5. The summed E-state index contributed by atoms with van der Waals surface area (Å²) in [4.78, 5) is 13.4. The number of anilines is 1. The van der Waals surface area contributed by atoms with Crippen molar-refractivity contribution in [3.05, 3.63) is 46.7 Å². The third kappa shape index (κ3) is 5.01. The normalized spacial score (nSPS) is 16.0. The van der Waals surface area contributed by atoms with E-state index in [0.717, 1.165) is 30.6 Å². The SMILES string of the molecule is COc1ccc(S(=O)(=O)N2CCCCCC2)cc1NC(=O)/C=C/c1cccs1. The molecule has 1 amide bonds. The molecule has 0 unspecified atom stereocenters. The Hall–Kier alpha value is -2.16. The van der Waals surface area contributed by atoms with Crippen molar-refractivity contribution < 1.29 is 17.9 Å². The fourth-order valence-corrected chi connectivity index (χ4v) is 5.26. The molecular formula is C20H24N2O4S2. The van der Waals surface area contributed by atoms with Crippen LogP contribution in [0, 0.1) is 0 Å². The average molecular weight is 421 g/mol. The molecule has 1 fully saturated rings. The molecule has 1 aromatic carbocycles. The molecule has 3 rings (SSSR count). The van der Waals surface area contributed by atoms with Crippen molar-refractivity contribution >= 4 is 39.0 Å². The number of nitrogens with zero attached hydrogens (tertiary/aromatic N) is 1. The first-order chi connectivity index (χ1) is 13.5. The average Bonchev–Trinajstić information content (AvgIpc) is 3.05. The summed E-state index contributed by atoms with van der Waals surface area (Å²) in [6.07, 6.45) is 6.96. The topological polar surface area (TPSA) is 75.7 Å². The number of amides is 1. The summed E-state index contributed by atoms with van der Waals surface area (Å²) < 4.78 is 32.9. The van der Waals surface area contributed by atoms with Crippen LogP contribution in [0.3, 0.4) is 0 Å². The molecule has 1 aromatic heterocycles. The molecule has 2 heterocycles. The van der Waals surface area contributed by atoms with E-state index in [-0.39, 0.29) is 10.8 Å². The van der Waals surface area contributed by atoms with E-state index in [2.05, 4.69) is 5.32 Å². The second-order valence-electron chi connectivity index (χ2n) is 6.52. The maximum Gasteiger partial charge on any atom is 0.248 e. The molecule has 1 saturated heterocycles. The lowest BCUT2D eigenvalue weighted by Crippen LogP contribution is -2.32. The largest absolute Gasteiger partial charge is 0.495 e. The Morgan fingerprint density at radius 1 is 1.18 bits per heavy atom. The van der Waals surface area contributed by atoms with Crippen molar-refractivity contribution in [2.75, 3.05) is 25.5 Å². The van der Waals surface area contributed by atoms with Gasteiger partial charge in [0.05, 0.1) is 17.7 Å². The van der Waals surface area contributed by atoms with Crippen LogP contribution in [-0.2, 0) is 14.8 Å². The lowest BCUT2D eigenvalue weighted by molar-refractivity contribution is -0.111. The summed E-state index contributed by atoms with van der Waals surface area (Å²) in [5.41, 5.74) is 0.333. The van der Waals surface area contributed by atoms with Gasteiger partial charge in [-0.3, -0.25) is 4.79 Å². The summed E-state index contributed by atoms with van der Waals surface area (Å²) in [6.45, 7) is 1.05. The lowest BCUT2D eigenvalue weighted by Gasteiger charge is -2.20. The van der Waals surface area contributed by atoms with Crippen molar-refractivity contribution in [2.45, 2.75) is 30.6 Å². The van der Waals surface area contributed by atoms with Gasteiger partial charge in [-0.25, -0.2) is 8.42 Å². The van der Waals surface area contributed by atoms with Crippen molar-refractivity contribution in [3.8, 4) is 5.75 Å². The van der Waals surface area contributed by atoms with Crippen LogP contribution in [0.4, 0.5) is 5.69 Å². The van der Waals surface area contributed by atoms with Crippen molar-refractivity contribution in [1.82, 2.24) is 4.31 Å². The van der Waals surface area contributed by atoms with E-state index in [4.69, 9.17) is 4.74 Å². The van der Waals surface area contributed by atoms with Crippen molar-refractivity contribution in [3.63, 3.8) is 0 Å². The molecule has 28 heavy (non-hydrogen) atoms. The number of rotatable bonds is 6. The van der Waals surface area contributed by atoms with Gasteiger partial charge in [0.25, 0.3) is 0 Å². The van der Waals surface area contributed by atoms with Gasteiger partial charge in [-0.15, -0.1) is 11.3 Å². The molecule has 0 saturated carbocycles. The molecule has 1 aliphatic rings. The minimum atomic E-state index is -3.61. The standard InChI is InChI=1S/C20H24N2O4S2/c1-26-19-10-9-17(28(24,25)22-12-4-2-3-5-13-22)15-18(19)21-20(23)11-8-16-7-6-14-27-16/h6-11,14-15H,2-5,12-13H2,1H3,(H,21,23)/b11-8+. The number of benzene rings is 1. The van der Waals surface area contributed by atoms with Gasteiger partial charge >= 0.3 is 0 Å². The Kier molecular flexibility index (Phi) is 6.88. The first-order valence-electron chi connectivity index (χ1n) is 9.21. The van der Waals surface area contributed by atoms with Gasteiger partial charge in [0.2, 0.25) is 15.9 Å². The number of thiophene rings is 1. The van der Waals surface area contributed by atoms with Crippen LogP contribution in [0.2, 0.25) is 0 Å². The highest BCUT2D eigenvalue weighted by molar-refractivity contribution is 7.89. The molecule has 2 aromatic rings. The van der Waals surface area contributed by atoms with E-state index >= 15 is 0 Å². The highest BCUT2D eigenvalue weighted by Gasteiger charge is 2.26. The molecule has 0 spiro atoms. The summed E-state index contributed by atoms with van der Waals surface area (Å²) in [5, 5.41) is 4.65. The van der Waals surface area contributed by atoms with Gasteiger partial charge in [-0.05, 0) is 48.6 Å². The van der Waals surface area contributed by atoms with Crippen molar-refractivity contribution in [1.29, 1.82) is 0 Å². The fourth-order valence-electron chi connectivity index (χ4n) is 3.09. The molecule has 1 aliphatic heterocycles. The molecule has 8 heteroatoms. The van der Waals surface area contributed by atoms with Gasteiger partial charge in [-0.2, -0.15) is 4.31 Å². The number of hydrogen-bond acceptors (Lipinski definition) is 5. The van der Waals surface area contributed by atoms with Gasteiger partial charge in [-0.1, -0.05) is 18.9 Å². The van der Waals surface area contributed by atoms with Crippen LogP contribution in [0.5, 0.6) is 5.75 Å². The Balaban J connectivity index is 1.82. The van der Waals surface area contributed by atoms with Gasteiger partial charge in [0.15, 0.2) is 0 Å². The smallest absolute Gasteiger partial charge is 0.248 e. The zero-order chi connectivity index (χ0) is 20.0. The molecule has 150 valence electrons. The summed E-state index contributed by atoms with van der Waals surface area (Å²) >= 11 is 1.53. The molecule has 0 radical (unpaired) electrons. The third-order valence-corrected chi connectivity index (χ3v) is 7.31. The molecule has 0 bridgehead atoms. The maximum atomic E-state index is 13.0. The number of carbonyl (C=O) groups excluding carboxylic acids is 1. The van der Waals surface area contributed by atoms with Crippen LogP contribution in [0.1, 0.15) is 30.6 Å². The Labute approximate surface area is 169 Å². The zero-order valence-electron chi connectivity index (χ0n) is 15.8. The van der Waals surface area contributed by atoms with Gasteiger partial charge in [0.1, 0.15) is 5.75 Å². The molecule has 0 atom stereocenters. The van der Waals surface area contributed by atoms with Crippen LogP contribution in [-0.4, -0.2) is 38.8 Å². The second-order valence-corrected chi connectivity index (χ2v) is 9.44. The van der Waals surface area contributed by atoms with Crippen LogP contribution in [0.15, 0.2) is 46.7 Å². The first kappa shape index (κ1) is 20.6. The van der Waals surface area contributed by atoms with Crippen molar-refractivity contribution in [2.24, 2.45) is 0 Å².